The second-order valence-corrected chi connectivity index (χ2v) is 5.74. The maximum Gasteiger partial charge on any atom is 0.328 e. The van der Waals surface area contributed by atoms with E-state index in [9.17, 15) is 18.4 Å². The SMILES string of the molecule is CCC(OC(=O)Cn1ncc(=O)c2ccccc21)c1ccc(F)cc1F. The third-order valence-electron chi connectivity index (χ3n) is 3.99. The van der Waals surface area contributed by atoms with Crippen LogP contribution in [0.15, 0.2) is 53.5 Å². The summed E-state index contributed by atoms with van der Waals surface area (Å²) in [4.78, 5) is 24.1. The van der Waals surface area contributed by atoms with Crippen LogP contribution >= 0.6 is 0 Å². The summed E-state index contributed by atoms with van der Waals surface area (Å²) in [5.41, 5.74) is 0.364. The van der Waals surface area contributed by atoms with E-state index in [0.717, 1.165) is 18.3 Å². The fraction of sp³-hybridized carbons (Fsp3) is 0.211. The minimum atomic E-state index is -0.839. The molecule has 3 aromatic rings. The molecule has 0 fully saturated rings. The lowest BCUT2D eigenvalue weighted by molar-refractivity contribution is -0.150. The van der Waals surface area contributed by atoms with E-state index in [4.69, 9.17) is 4.74 Å². The van der Waals surface area contributed by atoms with Crippen LogP contribution in [0.2, 0.25) is 0 Å². The van der Waals surface area contributed by atoms with Crippen molar-refractivity contribution < 1.29 is 18.3 Å². The number of hydrogen-bond donors (Lipinski definition) is 0. The van der Waals surface area contributed by atoms with Crippen molar-refractivity contribution in [3.8, 4) is 0 Å². The monoisotopic (exact) mass is 358 g/mol. The van der Waals surface area contributed by atoms with E-state index < -0.39 is 23.7 Å². The largest absolute Gasteiger partial charge is 0.456 e. The number of carbonyl (C=O) groups is 1. The van der Waals surface area contributed by atoms with E-state index in [1.165, 1.54) is 10.7 Å². The number of aromatic nitrogens is 2. The molecule has 2 aromatic carbocycles. The molecule has 7 heteroatoms. The van der Waals surface area contributed by atoms with E-state index in [0.29, 0.717) is 17.3 Å². The van der Waals surface area contributed by atoms with Gasteiger partial charge in [0.1, 0.15) is 24.3 Å². The predicted molar refractivity (Wildman–Crippen MR) is 91.5 cm³/mol. The molecule has 0 aliphatic rings. The highest BCUT2D eigenvalue weighted by Crippen LogP contribution is 2.25. The van der Waals surface area contributed by atoms with Crippen LogP contribution in [0.3, 0.4) is 0 Å². The molecular formula is C19H16F2N2O3. The second-order valence-electron chi connectivity index (χ2n) is 5.74. The minimum absolute atomic E-state index is 0.111. The van der Waals surface area contributed by atoms with Crippen LogP contribution in [0.25, 0.3) is 10.9 Å². The zero-order valence-electron chi connectivity index (χ0n) is 14.0. The van der Waals surface area contributed by atoms with E-state index in [1.807, 2.05) is 0 Å². The number of hydrogen-bond acceptors (Lipinski definition) is 4. The highest BCUT2D eigenvalue weighted by molar-refractivity contribution is 5.79. The first kappa shape index (κ1) is 17.7. The molecule has 0 N–H and O–H groups in total. The molecule has 0 spiro atoms. The predicted octanol–water partition coefficient (Wildman–Crippen LogP) is 3.37. The third kappa shape index (κ3) is 3.61. The summed E-state index contributed by atoms with van der Waals surface area (Å²) in [7, 11) is 0. The molecule has 3 rings (SSSR count). The highest BCUT2D eigenvalue weighted by atomic mass is 19.1. The fourth-order valence-corrected chi connectivity index (χ4v) is 2.73. The highest BCUT2D eigenvalue weighted by Gasteiger charge is 2.20. The van der Waals surface area contributed by atoms with Crippen molar-refractivity contribution in [3.63, 3.8) is 0 Å². The van der Waals surface area contributed by atoms with Gasteiger partial charge in [0.15, 0.2) is 0 Å². The molecule has 0 amide bonds. The molecule has 1 atom stereocenters. The minimum Gasteiger partial charge on any atom is -0.456 e. The summed E-state index contributed by atoms with van der Waals surface area (Å²) in [6, 6.07) is 9.90. The van der Waals surface area contributed by atoms with Gasteiger partial charge in [-0.3, -0.25) is 14.3 Å². The summed E-state index contributed by atoms with van der Waals surface area (Å²) < 4.78 is 33.7. The van der Waals surface area contributed by atoms with Gasteiger partial charge in [-0.1, -0.05) is 19.1 Å². The van der Waals surface area contributed by atoms with E-state index in [1.54, 1.807) is 31.2 Å². The van der Waals surface area contributed by atoms with Crippen LogP contribution < -0.4 is 5.43 Å². The number of fused-ring (bicyclic) bond motifs is 1. The maximum atomic E-state index is 13.9. The lowest BCUT2D eigenvalue weighted by atomic mass is 10.1. The fourth-order valence-electron chi connectivity index (χ4n) is 2.73. The number of ether oxygens (including phenoxy) is 1. The molecule has 1 aromatic heterocycles. The van der Waals surface area contributed by atoms with Gasteiger partial charge in [0.2, 0.25) is 5.43 Å². The van der Waals surface area contributed by atoms with E-state index >= 15 is 0 Å². The van der Waals surface area contributed by atoms with Gasteiger partial charge in [-0.25, -0.2) is 8.78 Å². The standard InChI is InChI=1S/C19H16F2N2O3/c1-2-18(13-8-7-12(20)9-15(13)21)26-19(25)11-23-16-6-4-3-5-14(16)17(24)10-22-23/h3-10,18H,2,11H2,1H3. The van der Waals surface area contributed by atoms with Crippen LogP contribution in [0, 0.1) is 11.6 Å². The Morgan fingerprint density at radius 1 is 1.23 bits per heavy atom. The Balaban J connectivity index is 1.82. The normalized spacial score (nSPS) is 12.1. The Morgan fingerprint density at radius 3 is 2.73 bits per heavy atom. The summed E-state index contributed by atoms with van der Waals surface area (Å²) in [5, 5.41) is 4.40. The molecule has 0 aliphatic heterocycles. The number of nitrogens with zero attached hydrogens (tertiary/aromatic N) is 2. The quantitative estimate of drug-likeness (QED) is 0.656. The van der Waals surface area contributed by atoms with Crippen molar-refractivity contribution in [2.75, 3.05) is 0 Å². The van der Waals surface area contributed by atoms with Crippen LogP contribution in [0.5, 0.6) is 0 Å². The average molecular weight is 358 g/mol. The molecule has 134 valence electrons. The first-order chi connectivity index (χ1) is 12.5. The lowest BCUT2D eigenvalue weighted by Gasteiger charge is -2.18. The number of benzene rings is 2. The molecule has 0 saturated carbocycles. The summed E-state index contributed by atoms with van der Waals surface area (Å²) >= 11 is 0. The van der Waals surface area contributed by atoms with Crippen molar-refractivity contribution in [1.82, 2.24) is 9.78 Å². The van der Waals surface area contributed by atoms with Gasteiger partial charge in [0.25, 0.3) is 0 Å². The van der Waals surface area contributed by atoms with Gasteiger partial charge in [-0.2, -0.15) is 5.10 Å². The van der Waals surface area contributed by atoms with Crippen molar-refractivity contribution in [2.45, 2.75) is 26.0 Å². The molecule has 1 unspecified atom stereocenters. The molecule has 0 saturated heterocycles. The molecule has 1 heterocycles. The number of halogens is 2. The Bertz CT molecular complexity index is 1020. The van der Waals surface area contributed by atoms with Gasteiger partial charge in [-0.05, 0) is 30.7 Å². The van der Waals surface area contributed by atoms with Gasteiger partial charge >= 0.3 is 5.97 Å². The van der Waals surface area contributed by atoms with Crippen molar-refractivity contribution in [3.05, 3.63) is 76.1 Å². The Morgan fingerprint density at radius 2 is 2.00 bits per heavy atom. The van der Waals surface area contributed by atoms with Gasteiger partial charge in [0.05, 0.1) is 11.7 Å². The second kappa shape index (κ2) is 7.43. The molecule has 0 aliphatic carbocycles. The smallest absolute Gasteiger partial charge is 0.328 e. The molecule has 26 heavy (non-hydrogen) atoms. The first-order valence-corrected chi connectivity index (χ1v) is 8.09. The van der Waals surface area contributed by atoms with E-state index in [2.05, 4.69) is 5.10 Å². The summed E-state index contributed by atoms with van der Waals surface area (Å²) in [6.07, 6.45) is 0.618. The zero-order chi connectivity index (χ0) is 18.7. The lowest BCUT2D eigenvalue weighted by Crippen LogP contribution is -2.21. The third-order valence-corrected chi connectivity index (χ3v) is 3.99. The molecule has 5 nitrogen and oxygen atoms in total. The van der Waals surface area contributed by atoms with Crippen LogP contribution in [-0.2, 0) is 16.1 Å². The van der Waals surface area contributed by atoms with Crippen LogP contribution in [0.4, 0.5) is 8.78 Å². The van der Waals surface area contributed by atoms with Crippen molar-refractivity contribution in [2.24, 2.45) is 0 Å². The maximum absolute atomic E-state index is 13.9. The van der Waals surface area contributed by atoms with Gasteiger partial charge in [0, 0.05) is 17.0 Å². The van der Waals surface area contributed by atoms with Crippen molar-refractivity contribution >= 4 is 16.9 Å². The molecule has 0 bridgehead atoms. The number of esters is 1. The van der Waals surface area contributed by atoms with Crippen LogP contribution in [0.1, 0.15) is 25.0 Å². The van der Waals surface area contributed by atoms with Crippen LogP contribution in [-0.4, -0.2) is 15.7 Å². The number of carbonyl (C=O) groups excluding carboxylic acids is 1. The van der Waals surface area contributed by atoms with Crippen molar-refractivity contribution in [1.29, 1.82) is 0 Å². The molecular weight excluding hydrogens is 342 g/mol. The topological polar surface area (TPSA) is 61.2 Å². The van der Waals surface area contributed by atoms with E-state index in [-0.39, 0.29) is 17.5 Å². The summed E-state index contributed by atoms with van der Waals surface area (Å²) in [6.45, 7) is 1.49. The molecule has 0 radical (unpaired) electrons. The number of para-hydroxylation sites is 1. The Hall–Kier alpha value is -3.09. The Kier molecular flexibility index (Phi) is 5.06. The Labute approximate surface area is 147 Å². The van der Waals surface area contributed by atoms with Gasteiger partial charge < -0.3 is 4.74 Å². The number of rotatable bonds is 5. The summed E-state index contributed by atoms with van der Waals surface area (Å²) in [5.74, 6) is -2.10. The zero-order valence-corrected chi connectivity index (χ0v) is 14.0. The average Bonchev–Trinajstić information content (AvgIpc) is 2.63. The first-order valence-electron chi connectivity index (χ1n) is 8.09. The van der Waals surface area contributed by atoms with Gasteiger partial charge in [-0.15, -0.1) is 0 Å².